The molecule has 0 saturated carbocycles. The molecule has 1 aliphatic heterocycles. The maximum absolute atomic E-state index is 4.43. The van der Waals surface area contributed by atoms with Crippen LogP contribution in [0.2, 0.25) is 0 Å². The summed E-state index contributed by atoms with van der Waals surface area (Å²) in [6.45, 7) is 1.76. The van der Waals surface area contributed by atoms with Gasteiger partial charge in [-0.05, 0) is 12.8 Å². The van der Waals surface area contributed by atoms with Crippen molar-refractivity contribution in [3.05, 3.63) is 18.2 Å². The van der Waals surface area contributed by atoms with E-state index < -0.39 is 0 Å². The zero-order valence-electron chi connectivity index (χ0n) is 8.53. The molecule has 1 aromatic rings. The number of hydrogen-bond donors (Lipinski definition) is 1. The van der Waals surface area contributed by atoms with Crippen LogP contribution in [-0.4, -0.2) is 21.9 Å². The van der Waals surface area contributed by atoms with Crippen molar-refractivity contribution in [2.24, 2.45) is 12.0 Å². The fourth-order valence-corrected chi connectivity index (χ4v) is 1.59. The highest BCUT2D eigenvalue weighted by Crippen LogP contribution is 2.04. The van der Waals surface area contributed by atoms with E-state index in [0.29, 0.717) is 0 Å². The minimum atomic E-state index is 0.780. The highest BCUT2D eigenvalue weighted by Gasteiger charge is 2.05. The molecule has 0 bridgehead atoms. The van der Waals surface area contributed by atoms with E-state index in [9.17, 15) is 0 Å². The first kappa shape index (κ1) is 9.24. The Kier molecular flexibility index (Phi) is 2.81. The summed E-state index contributed by atoms with van der Waals surface area (Å²) in [6, 6.07) is 0. The van der Waals surface area contributed by atoms with Gasteiger partial charge >= 0.3 is 0 Å². The highest BCUT2D eigenvalue weighted by atomic mass is 15.1. The molecule has 0 unspecified atom stereocenters. The van der Waals surface area contributed by atoms with E-state index in [1.807, 2.05) is 24.0 Å². The van der Waals surface area contributed by atoms with E-state index in [1.165, 1.54) is 12.8 Å². The van der Waals surface area contributed by atoms with Crippen LogP contribution in [0.5, 0.6) is 0 Å². The van der Waals surface area contributed by atoms with Crippen LogP contribution in [0.1, 0.15) is 25.1 Å². The van der Waals surface area contributed by atoms with Gasteiger partial charge in [-0.1, -0.05) is 0 Å². The molecule has 14 heavy (non-hydrogen) atoms. The average Bonchev–Trinajstić information content (AvgIpc) is 2.63. The van der Waals surface area contributed by atoms with Gasteiger partial charge in [-0.2, -0.15) is 0 Å². The smallest absolute Gasteiger partial charge is 0.127 e. The summed E-state index contributed by atoms with van der Waals surface area (Å²) in [5, 5.41) is 3.33. The Bertz CT molecular complexity index is 327. The van der Waals surface area contributed by atoms with Crippen molar-refractivity contribution in [3.63, 3.8) is 0 Å². The number of nitrogens with zero attached hydrogens (tertiary/aromatic N) is 3. The Hall–Kier alpha value is -1.32. The minimum Gasteiger partial charge on any atom is -0.367 e. The van der Waals surface area contributed by atoms with Gasteiger partial charge < -0.3 is 9.88 Å². The van der Waals surface area contributed by atoms with Gasteiger partial charge in [-0.3, -0.25) is 4.99 Å². The number of hydrogen-bond acceptors (Lipinski definition) is 3. The molecule has 0 radical (unpaired) electrons. The van der Waals surface area contributed by atoms with E-state index in [4.69, 9.17) is 0 Å². The molecule has 1 N–H and O–H groups in total. The van der Waals surface area contributed by atoms with Gasteiger partial charge in [0.2, 0.25) is 0 Å². The van der Waals surface area contributed by atoms with Crippen molar-refractivity contribution in [2.45, 2.75) is 25.8 Å². The molecule has 0 aliphatic carbocycles. The standard InChI is InChI=1S/C10H16N4/c1-14-7-6-12-10(14)8-13-9-4-2-3-5-11-9/h6-7H,2-5,8H2,1H3,(H,11,13). The van der Waals surface area contributed by atoms with E-state index in [0.717, 1.165) is 31.2 Å². The molecule has 0 spiro atoms. The summed E-state index contributed by atoms with van der Waals surface area (Å²) < 4.78 is 2.02. The van der Waals surface area contributed by atoms with Crippen LogP contribution in [0, 0.1) is 0 Å². The van der Waals surface area contributed by atoms with Gasteiger partial charge in [0.05, 0.1) is 12.4 Å². The quantitative estimate of drug-likeness (QED) is 0.762. The fourth-order valence-electron chi connectivity index (χ4n) is 1.59. The maximum atomic E-state index is 4.43. The van der Waals surface area contributed by atoms with Crippen molar-refractivity contribution < 1.29 is 0 Å². The summed E-state index contributed by atoms with van der Waals surface area (Å²) in [7, 11) is 2.01. The number of amidine groups is 1. The Labute approximate surface area is 84.1 Å². The van der Waals surface area contributed by atoms with Crippen LogP contribution < -0.4 is 5.32 Å². The van der Waals surface area contributed by atoms with Gasteiger partial charge in [0, 0.05) is 32.4 Å². The summed E-state index contributed by atoms with van der Waals surface area (Å²) in [4.78, 5) is 8.67. The van der Waals surface area contributed by atoms with Crippen molar-refractivity contribution in [3.8, 4) is 0 Å². The first-order chi connectivity index (χ1) is 6.86. The maximum Gasteiger partial charge on any atom is 0.127 e. The number of rotatable bonds is 2. The van der Waals surface area contributed by atoms with Gasteiger partial charge in [-0.15, -0.1) is 0 Å². The van der Waals surface area contributed by atoms with Crippen molar-refractivity contribution in [1.29, 1.82) is 0 Å². The Morgan fingerprint density at radius 3 is 3.07 bits per heavy atom. The van der Waals surface area contributed by atoms with Crippen molar-refractivity contribution in [2.75, 3.05) is 6.54 Å². The second-order valence-electron chi connectivity index (χ2n) is 3.59. The largest absolute Gasteiger partial charge is 0.367 e. The minimum absolute atomic E-state index is 0.780. The first-order valence-corrected chi connectivity index (χ1v) is 5.09. The summed E-state index contributed by atoms with van der Waals surface area (Å²) in [6.07, 6.45) is 7.35. The number of aromatic nitrogens is 2. The van der Waals surface area contributed by atoms with Crippen LogP contribution in [0.3, 0.4) is 0 Å². The SMILES string of the molecule is Cn1ccnc1CNC1=NCCCC1. The summed E-state index contributed by atoms with van der Waals surface area (Å²) in [5.74, 6) is 2.19. The van der Waals surface area contributed by atoms with Crippen LogP contribution in [0.4, 0.5) is 0 Å². The molecule has 0 saturated heterocycles. The Morgan fingerprint density at radius 1 is 1.50 bits per heavy atom. The van der Waals surface area contributed by atoms with Crippen LogP contribution in [0.15, 0.2) is 17.4 Å². The molecule has 1 aromatic heterocycles. The third-order valence-electron chi connectivity index (χ3n) is 2.50. The first-order valence-electron chi connectivity index (χ1n) is 5.09. The van der Waals surface area contributed by atoms with Crippen LogP contribution in [-0.2, 0) is 13.6 Å². The van der Waals surface area contributed by atoms with Gasteiger partial charge in [0.1, 0.15) is 5.82 Å². The monoisotopic (exact) mass is 192 g/mol. The van der Waals surface area contributed by atoms with E-state index >= 15 is 0 Å². The molecular formula is C10H16N4. The van der Waals surface area contributed by atoms with Crippen LogP contribution in [0.25, 0.3) is 0 Å². The lowest BCUT2D eigenvalue weighted by molar-refractivity contribution is 0.686. The van der Waals surface area contributed by atoms with Gasteiger partial charge in [-0.25, -0.2) is 4.98 Å². The molecule has 0 aromatic carbocycles. The zero-order valence-corrected chi connectivity index (χ0v) is 8.53. The lowest BCUT2D eigenvalue weighted by Gasteiger charge is -2.13. The second kappa shape index (κ2) is 4.26. The number of nitrogens with one attached hydrogen (secondary N) is 1. The van der Waals surface area contributed by atoms with E-state index in [1.54, 1.807) is 0 Å². The molecule has 4 nitrogen and oxygen atoms in total. The molecule has 2 heterocycles. The molecule has 4 heteroatoms. The predicted molar refractivity (Wildman–Crippen MR) is 56.2 cm³/mol. The normalized spacial score (nSPS) is 16.5. The molecule has 1 aliphatic rings. The molecular weight excluding hydrogens is 176 g/mol. The zero-order chi connectivity index (χ0) is 9.80. The van der Waals surface area contributed by atoms with Crippen molar-refractivity contribution in [1.82, 2.24) is 14.9 Å². The lowest BCUT2D eigenvalue weighted by Crippen LogP contribution is -2.26. The second-order valence-corrected chi connectivity index (χ2v) is 3.59. The number of aliphatic imine (C=N–C) groups is 1. The predicted octanol–water partition coefficient (Wildman–Crippen LogP) is 1.09. The molecule has 0 fully saturated rings. The molecule has 76 valence electrons. The highest BCUT2D eigenvalue weighted by molar-refractivity contribution is 5.82. The Morgan fingerprint density at radius 2 is 2.43 bits per heavy atom. The topological polar surface area (TPSA) is 42.2 Å². The van der Waals surface area contributed by atoms with E-state index in [-0.39, 0.29) is 0 Å². The lowest BCUT2D eigenvalue weighted by atomic mass is 10.2. The number of imidazole rings is 1. The fraction of sp³-hybridized carbons (Fsp3) is 0.600. The molecule has 0 amide bonds. The van der Waals surface area contributed by atoms with Crippen molar-refractivity contribution >= 4 is 5.84 Å². The van der Waals surface area contributed by atoms with Gasteiger partial charge in [0.25, 0.3) is 0 Å². The summed E-state index contributed by atoms with van der Waals surface area (Å²) >= 11 is 0. The van der Waals surface area contributed by atoms with E-state index in [2.05, 4.69) is 15.3 Å². The third kappa shape index (κ3) is 2.13. The van der Waals surface area contributed by atoms with Gasteiger partial charge in [0.15, 0.2) is 0 Å². The third-order valence-corrected chi connectivity index (χ3v) is 2.50. The average molecular weight is 192 g/mol. The van der Waals surface area contributed by atoms with Crippen LogP contribution >= 0.6 is 0 Å². The number of aryl methyl sites for hydroxylation is 1. The molecule has 2 rings (SSSR count). The molecule has 0 atom stereocenters. The Balaban J connectivity index is 1.88. The summed E-state index contributed by atoms with van der Waals surface area (Å²) in [5.41, 5.74) is 0.